The van der Waals surface area contributed by atoms with Gasteiger partial charge >= 0.3 is 0 Å². The number of nitrogen functional groups attached to an aromatic ring is 1. The van der Waals surface area contributed by atoms with Gasteiger partial charge < -0.3 is 4.74 Å². The lowest BCUT2D eigenvalue weighted by Gasteiger charge is -2.10. The summed E-state index contributed by atoms with van der Waals surface area (Å²) in [7, 11) is 0. The lowest BCUT2D eigenvalue weighted by atomic mass is 10.1. The molecule has 0 saturated heterocycles. The number of rotatable bonds is 4. The maximum atomic E-state index is 13.7. The van der Waals surface area contributed by atoms with Crippen molar-refractivity contribution in [3.05, 3.63) is 62.8 Å². The third-order valence-electron chi connectivity index (χ3n) is 2.72. The summed E-state index contributed by atoms with van der Waals surface area (Å²) in [6, 6.07) is 8.93. The molecule has 0 aliphatic carbocycles. The maximum Gasteiger partial charge on any atom is 0.265 e. The molecule has 2 rings (SSSR count). The fourth-order valence-electron chi connectivity index (χ4n) is 1.66. The van der Waals surface area contributed by atoms with Crippen LogP contribution in [0.2, 0.25) is 5.02 Å². The lowest BCUT2D eigenvalue weighted by Crippen LogP contribution is -2.30. The summed E-state index contributed by atoms with van der Waals surface area (Å²) in [6.45, 7) is -0.0300. The molecule has 3 N–H and O–H groups in total. The molecule has 0 unspecified atom stereocenters. The summed E-state index contributed by atoms with van der Waals surface area (Å²) in [6.07, 6.45) is 0. The monoisotopic (exact) mass is 372 g/mol. The quantitative estimate of drug-likeness (QED) is 0.490. The van der Waals surface area contributed by atoms with Crippen molar-refractivity contribution in [2.45, 2.75) is 6.61 Å². The minimum Gasteiger partial charge on any atom is -0.488 e. The summed E-state index contributed by atoms with van der Waals surface area (Å²) < 4.78 is 19.9. The zero-order valence-electron chi connectivity index (χ0n) is 10.7. The Morgan fingerprint density at radius 2 is 2.10 bits per heavy atom. The van der Waals surface area contributed by atoms with Crippen LogP contribution in [-0.2, 0) is 6.61 Å². The third-order valence-corrected chi connectivity index (χ3v) is 3.57. The number of amides is 1. The second-order valence-corrected chi connectivity index (χ2v) is 5.43. The number of carbonyl (C=O) groups is 1. The number of benzene rings is 2. The van der Waals surface area contributed by atoms with Gasteiger partial charge in [-0.1, -0.05) is 11.6 Å². The van der Waals surface area contributed by atoms with E-state index in [1.54, 1.807) is 18.2 Å². The van der Waals surface area contributed by atoms with Gasteiger partial charge in [-0.3, -0.25) is 10.2 Å². The largest absolute Gasteiger partial charge is 0.488 e. The van der Waals surface area contributed by atoms with Crippen LogP contribution in [0, 0.1) is 5.82 Å². The van der Waals surface area contributed by atoms with Gasteiger partial charge in [-0.25, -0.2) is 10.2 Å². The zero-order valence-corrected chi connectivity index (χ0v) is 13.0. The minimum atomic E-state index is -0.496. The molecular weight excluding hydrogens is 363 g/mol. The van der Waals surface area contributed by atoms with Gasteiger partial charge in [0.2, 0.25) is 0 Å². The SMILES string of the molecule is NNC(=O)c1ccc(F)c(COc2ccc(Cl)cc2Br)c1. The van der Waals surface area contributed by atoms with Crippen LogP contribution in [0.1, 0.15) is 15.9 Å². The van der Waals surface area contributed by atoms with Gasteiger partial charge in [-0.05, 0) is 52.3 Å². The number of hydrazine groups is 1. The van der Waals surface area contributed by atoms with Gasteiger partial charge in [-0.2, -0.15) is 0 Å². The normalized spacial score (nSPS) is 10.3. The highest BCUT2D eigenvalue weighted by molar-refractivity contribution is 9.10. The van der Waals surface area contributed by atoms with Crippen LogP contribution in [0.4, 0.5) is 4.39 Å². The van der Waals surface area contributed by atoms with E-state index in [4.69, 9.17) is 22.2 Å². The van der Waals surface area contributed by atoms with E-state index in [1.807, 2.05) is 5.43 Å². The van der Waals surface area contributed by atoms with Crippen LogP contribution in [0.25, 0.3) is 0 Å². The smallest absolute Gasteiger partial charge is 0.265 e. The number of ether oxygens (including phenoxy) is 1. The second-order valence-electron chi connectivity index (χ2n) is 4.14. The van der Waals surface area contributed by atoms with Gasteiger partial charge in [0.25, 0.3) is 5.91 Å². The fraction of sp³-hybridized carbons (Fsp3) is 0.0714. The molecule has 0 bridgehead atoms. The highest BCUT2D eigenvalue weighted by atomic mass is 79.9. The number of halogens is 3. The molecule has 0 aliphatic heterocycles. The number of carbonyl (C=O) groups excluding carboxylic acids is 1. The Hall–Kier alpha value is -1.63. The molecule has 110 valence electrons. The molecule has 0 radical (unpaired) electrons. The average Bonchev–Trinajstić information content (AvgIpc) is 2.47. The molecule has 0 atom stereocenters. The summed E-state index contributed by atoms with van der Waals surface area (Å²) in [5, 5.41) is 0.557. The first-order chi connectivity index (χ1) is 10.0. The van der Waals surface area contributed by atoms with Gasteiger partial charge in [0.1, 0.15) is 18.2 Å². The van der Waals surface area contributed by atoms with Crippen molar-refractivity contribution in [3.63, 3.8) is 0 Å². The molecule has 0 fully saturated rings. The Bertz CT molecular complexity index is 682. The number of nitrogens with two attached hydrogens (primary N) is 1. The molecule has 4 nitrogen and oxygen atoms in total. The predicted octanol–water partition coefficient (Wildman–Crippen LogP) is 3.42. The van der Waals surface area contributed by atoms with Crippen LogP contribution >= 0.6 is 27.5 Å². The number of nitrogens with one attached hydrogen (secondary N) is 1. The Morgan fingerprint density at radius 3 is 2.76 bits per heavy atom. The van der Waals surface area contributed by atoms with E-state index in [-0.39, 0.29) is 17.7 Å². The Balaban J connectivity index is 2.17. The lowest BCUT2D eigenvalue weighted by molar-refractivity contribution is 0.0953. The zero-order chi connectivity index (χ0) is 15.4. The maximum absolute atomic E-state index is 13.7. The summed E-state index contributed by atoms with van der Waals surface area (Å²) in [4.78, 5) is 11.4. The standard InChI is InChI=1S/C14H11BrClFN2O2/c15-11-6-10(16)2-4-13(11)21-7-9-5-8(14(20)19-18)1-3-12(9)17/h1-6H,7,18H2,(H,19,20). The molecule has 7 heteroatoms. The Kier molecular flexibility index (Phi) is 5.17. The van der Waals surface area contributed by atoms with Crippen molar-refractivity contribution in [1.29, 1.82) is 0 Å². The first-order valence-corrected chi connectivity index (χ1v) is 7.05. The van der Waals surface area contributed by atoms with E-state index in [0.717, 1.165) is 0 Å². The molecule has 0 heterocycles. The first-order valence-electron chi connectivity index (χ1n) is 5.88. The van der Waals surface area contributed by atoms with Crippen molar-refractivity contribution < 1.29 is 13.9 Å². The molecule has 1 amide bonds. The molecule has 0 aromatic heterocycles. The molecule has 0 saturated carbocycles. The van der Waals surface area contributed by atoms with Crippen molar-refractivity contribution >= 4 is 33.4 Å². The molecular formula is C14H11BrClFN2O2. The van der Waals surface area contributed by atoms with Crippen LogP contribution in [0.5, 0.6) is 5.75 Å². The summed E-state index contributed by atoms with van der Waals surface area (Å²) in [5.74, 6) is 4.61. The molecule has 2 aromatic carbocycles. The Labute approximate surface area is 134 Å². The highest BCUT2D eigenvalue weighted by Crippen LogP contribution is 2.28. The number of hydrogen-bond donors (Lipinski definition) is 2. The van der Waals surface area contributed by atoms with Crippen LogP contribution in [0.15, 0.2) is 40.9 Å². The third kappa shape index (κ3) is 3.93. The van der Waals surface area contributed by atoms with Crippen molar-refractivity contribution in [1.82, 2.24) is 5.43 Å². The van der Waals surface area contributed by atoms with Crippen LogP contribution < -0.4 is 16.0 Å². The van der Waals surface area contributed by atoms with Gasteiger partial charge in [-0.15, -0.1) is 0 Å². The second kappa shape index (κ2) is 6.89. The number of hydrogen-bond acceptors (Lipinski definition) is 3. The van der Waals surface area contributed by atoms with E-state index in [1.165, 1.54) is 18.2 Å². The van der Waals surface area contributed by atoms with Crippen molar-refractivity contribution in [2.24, 2.45) is 5.84 Å². The Morgan fingerprint density at radius 1 is 1.33 bits per heavy atom. The van der Waals surface area contributed by atoms with E-state index in [2.05, 4.69) is 15.9 Å². The average molecular weight is 374 g/mol. The van der Waals surface area contributed by atoms with E-state index < -0.39 is 11.7 Å². The van der Waals surface area contributed by atoms with E-state index in [0.29, 0.717) is 15.2 Å². The van der Waals surface area contributed by atoms with Gasteiger partial charge in [0.15, 0.2) is 0 Å². The molecule has 21 heavy (non-hydrogen) atoms. The van der Waals surface area contributed by atoms with Gasteiger partial charge in [0.05, 0.1) is 4.47 Å². The van der Waals surface area contributed by atoms with Crippen LogP contribution in [0.3, 0.4) is 0 Å². The van der Waals surface area contributed by atoms with Crippen molar-refractivity contribution in [3.8, 4) is 5.75 Å². The predicted molar refractivity (Wildman–Crippen MR) is 81.5 cm³/mol. The fourth-order valence-corrected chi connectivity index (χ4v) is 2.45. The highest BCUT2D eigenvalue weighted by Gasteiger charge is 2.10. The van der Waals surface area contributed by atoms with Crippen molar-refractivity contribution in [2.75, 3.05) is 0 Å². The summed E-state index contributed by atoms with van der Waals surface area (Å²) >= 11 is 9.13. The first kappa shape index (κ1) is 15.8. The molecule has 0 spiro atoms. The summed E-state index contributed by atoms with van der Waals surface area (Å²) in [5.41, 5.74) is 2.50. The molecule has 2 aromatic rings. The van der Waals surface area contributed by atoms with E-state index in [9.17, 15) is 9.18 Å². The van der Waals surface area contributed by atoms with Crippen LogP contribution in [-0.4, -0.2) is 5.91 Å². The molecule has 0 aliphatic rings. The van der Waals surface area contributed by atoms with Gasteiger partial charge in [0, 0.05) is 16.1 Å². The van der Waals surface area contributed by atoms with E-state index >= 15 is 0 Å². The minimum absolute atomic E-state index is 0.0300. The topological polar surface area (TPSA) is 64.3 Å².